The number of piperidine rings is 2. The number of nitrogens with one attached hydrogen (secondary N) is 1. The van der Waals surface area contributed by atoms with Crippen LogP contribution in [0, 0.1) is 5.92 Å². The SMILES string of the molecule is CC1CN(C(=O)c2cn(C3CCNCC3)nn2)CCC1O. The fourth-order valence-corrected chi connectivity index (χ4v) is 3.10. The number of hydrogen-bond donors (Lipinski definition) is 2. The lowest BCUT2D eigenvalue weighted by Gasteiger charge is -2.33. The van der Waals surface area contributed by atoms with E-state index in [9.17, 15) is 9.90 Å². The van der Waals surface area contributed by atoms with E-state index in [0.717, 1.165) is 25.9 Å². The van der Waals surface area contributed by atoms with Crippen LogP contribution in [0.5, 0.6) is 0 Å². The topological polar surface area (TPSA) is 83.3 Å². The lowest BCUT2D eigenvalue weighted by molar-refractivity contribution is 0.0294. The van der Waals surface area contributed by atoms with Crippen LogP contribution in [-0.2, 0) is 0 Å². The minimum atomic E-state index is -0.306. The van der Waals surface area contributed by atoms with Crippen molar-refractivity contribution in [2.24, 2.45) is 5.92 Å². The molecular formula is C14H23N5O2. The van der Waals surface area contributed by atoms with E-state index in [1.165, 1.54) is 0 Å². The summed E-state index contributed by atoms with van der Waals surface area (Å²) in [5.74, 6) is 0.0381. The molecule has 2 unspecified atom stereocenters. The van der Waals surface area contributed by atoms with Crippen molar-refractivity contribution in [3.8, 4) is 0 Å². The van der Waals surface area contributed by atoms with Crippen LogP contribution in [0.2, 0.25) is 0 Å². The first-order valence-electron chi connectivity index (χ1n) is 7.75. The molecule has 2 aliphatic rings. The van der Waals surface area contributed by atoms with Crippen molar-refractivity contribution in [2.75, 3.05) is 26.2 Å². The van der Waals surface area contributed by atoms with Gasteiger partial charge < -0.3 is 15.3 Å². The van der Waals surface area contributed by atoms with Gasteiger partial charge in [0.2, 0.25) is 0 Å². The highest BCUT2D eigenvalue weighted by Crippen LogP contribution is 2.20. The van der Waals surface area contributed by atoms with Gasteiger partial charge in [0, 0.05) is 13.1 Å². The maximum absolute atomic E-state index is 12.5. The highest BCUT2D eigenvalue weighted by atomic mass is 16.3. The molecule has 2 saturated heterocycles. The van der Waals surface area contributed by atoms with Gasteiger partial charge in [-0.15, -0.1) is 5.10 Å². The van der Waals surface area contributed by atoms with Gasteiger partial charge in [0.15, 0.2) is 5.69 Å². The van der Waals surface area contributed by atoms with E-state index in [4.69, 9.17) is 0 Å². The molecule has 0 radical (unpaired) electrons. The molecule has 21 heavy (non-hydrogen) atoms. The summed E-state index contributed by atoms with van der Waals surface area (Å²) < 4.78 is 1.83. The molecular weight excluding hydrogens is 270 g/mol. The van der Waals surface area contributed by atoms with Crippen LogP contribution < -0.4 is 5.32 Å². The molecule has 1 amide bonds. The van der Waals surface area contributed by atoms with Crippen molar-refractivity contribution in [2.45, 2.75) is 38.3 Å². The number of aliphatic hydroxyl groups is 1. The van der Waals surface area contributed by atoms with E-state index in [0.29, 0.717) is 31.2 Å². The fourth-order valence-electron chi connectivity index (χ4n) is 3.10. The van der Waals surface area contributed by atoms with E-state index >= 15 is 0 Å². The number of rotatable bonds is 2. The van der Waals surface area contributed by atoms with E-state index in [2.05, 4.69) is 15.6 Å². The van der Waals surface area contributed by atoms with Gasteiger partial charge in [0.1, 0.15) is 0 Å². The first kappa shape index (κ1) is 14.5. The third kappa shape index (κ3) is 3.08. The van der Waals surface area contributed by atoms with Gasteiger partial charge >= 0.3 is 0 Å². The second-order valence-corrected chi connectivity index (χ2v) is 6.15. The molecule has 2 N–H and O–H groups in total. The molecule has 2 atom stereocenters. The Morgan fingerprint density at radius 2 is 2.14 bits per heavy atom. The van der Waals surface area contributed by atoms with Crippen molar-refractivity contribution in [1.82, 2.24) is 25.2 Å². The summed E-state index contributed by atoms with van der Waals surface area (Å²) in [5.41, 5.74) is 0.414. The first-order chi connectivity index (χ1) is 10.1. The number of aliphatic hydroxyl groups excluding tert-OH is 1. The van der Waals surface area contributed by atoms with Gasteiger partial charge in [-0.05, 0) is 38.3 Å². The molecule has 7 nitrogen and oxygen atoms in total. The lowest BCUT2D eigenvalue weighted by atomic mass is 9.96. The number of nitrogens with zero attached hydrogens (tertiary/aromatic N) is 4. The van der Waals surface area contributed by atoms with E-state index < -0.39 is 0 Å². The summed E-state index contributed by atoms with van der Waals surface area (Å²) in [4.78, 5) is 14.2. The van der Waals surface area contributed by atoms with Crippen molar-refractivity contribution < 1.29 is 9.90 Å². The van der Waals surface area contributed by atoms with E-state index in [-0.39, 0.29) is 17.9 Å². The summed E-state index contributed by atoms with van der Waals surface area (Å²) in [6, 6.07) is 0.336. The lowest BCUT2D eigenvalue weighted by Crippen LogP contribution is -2.45. The second kappa shape index (κ2) is 6.11. The average Bonchev–Trinajstić information content (AvgIpc) is 3.00. The molecule has 7 heteroatoms. The van der Waals surface area contributed by atoms with Crippen molar-refractivity contribution in [3.63, 3.8) is 0 Å². The number of amides is 1. The Morgan fingerprint density at radius 1 is 1.38 bits per heavy atom. The molecule has 2 fully saturated rings. The molecule has 2 aliphatic heterocycles. The average molecular weight is 293 g/mol. The van der Waals surface area contributed by atoms with Crippen LogP contribution in [-0.4, -0.2) is 63.2 Å². The second-order valence-electron chi connectivity index (χ2n) is 6.15. The predicted octanol–water partition coefficient (Wildman–Crippen LogP) is 0.0455. The predicted molar refractivity (Wildman–Crippen MR) is 76.9 cm³/mol. The third-order valence-electron chi connectivity index (χ3n) is 4.56. The zero-order chi connectivity index (χ0) is 14.8. The zero-order valence-electron chi connectivity index (χ0n) is 12.4. The van der Waals surface area contributed by atoms with Crippen molar-refractivity contribution in [1.29, 1.82) is 0 Å². The first-order valence-corrected chi connectivity index (χ1v) is 7.75. The summed E-state index contributed by atoms with van der Waals surface area (Å²) in [6.45, 7) is 5.10. The fraction of sp³-hybridized carbons (Fsp3) is 0.786. The van der Waals surface area contributed by atoms with E-state index in [1.807, 2.05) is 11.6 Å². The molecule has 0 saturated carbocycles. The van der Waals surface area contributed by atoms with Crippen molar-refractivity contribution in [3.05, 3.63) is 11.9 Å². The summed E-state index contributed by atoms with van der Waals surface area (Å²) >= 11 is 0. The van der Waals surface area contributed by atoms with Crippen LogP contribution in [0.15, 0.2) is 6.20 Å². The number of aromatic nitrogens is 3. The Hall–Kier alpha value is -1.47. The summed E-state index contributed by atoms with van der Waals surface area (Å²) in [6.07, 6.45) is 4.14. The molecule has 116 valence electrons. The standard InChI is InChI=1S/C14H23N5O2/c1-10-8-18(7-4-13(10)20)14(21)12-9-19(17-16-12)11-2-5-15-6-3-11/h9-11,13,15,20H,2-8H2,1H3. The summed E-state index contributed by atoms with van der Waals surface area (Å²) in [7, 11) is 0. The van der Waals surface area contributed by atoms with Crippen molar-refractivity contribution >= 4 is 5.91 Å². The Bertz CT molecular complexity index is 497. The molecule has 1 aromatic rings. The molecule has 0 bridgehead atoms. The van der Waals surface area contributed by atoms with Gasteiger partial charge in [0.05, 0.1) is 18.3 Å². The number of carbonyl (C=O) groups is 1. The maximum Gasteiger partial charge on any atom is 0.276 e. The number of carbonyl (C=O) groups excluding carboxylic acids is 1. The molecule has 0 spiro atoms. The summed E-state index contributed by atoms with van der Waals surface area (Å²) in [5, 5.41) is 21.2. The highest BCUT2D eigenvalue weighted by molar-refractivity contribution is 5.92. The Labute approximate surface area is 124 Å². The normalized spacial score (nSPS) is 27.8. The van der Waals surface area contributed by atoms with Gasteiger partial charge in [-0.1, -0.05) is 12.1 Å². The zero-order valence-corrected chi connectivity index (χ0v) is 12.4. The molecule has 1 aromatic heterocycles. The Balaban J connectivity index is 1.66. The maximum atomic E-state index is 12.5. The molecule has 0 aliphatic carbocycles. The third-order valence-corrected chi connectivity index (χ3v) is 4.56. The van der Waals surface area contributed by atoms with Crippen LogP contribution in [0.25, 0.3) is 0 Å². The molecule has 3 rings (SSSR count). The van der Waals surface area contributed by atoms with Crippen LogP contribution in [0.3, 0.4) is 0 Å². The quantitative estimate of drug-likeness (QED) is 0.805. The number of likely N-dealkylation sites (tertiary alicyclic amines) is 1. The Kier molecular flexibility index (Phi) is 4.21. The van der Waals surface area contributed by atoms with Gasteiger partial charge in [-0.2, -0.15) is 0 Å². The minimum Gasteiger partial charge on any atom is -0.393 e. The van der Waals surface area contributed by atoms with Crippen LogP contribution in [0.1, 0.15) is 42.7 Å². The highest BCUT2D eigenvalue weighted by Gasteiger charge is 2.29. The largest absolute Gasteiger partial charge is 0.393 e. The van der Waals surface area contributed by atoms with Gasteiger partial charge in [-0.25, -0.2) is 4.68 Å². The monoisotopic (exact) mass is 293 g/mol. The van der Waals surface area contributed by atoms with Gasteiger partial charge in [0.25, 0.3) is 5.91 Å². The van der Waals surface area contributed by atoms with E-state index in [1.54, 1.807) is 11.1 Å². The Morgan fingerprint density at radius 3 is 2.86 bits per heavy atom. The van der Waals surface area contributed by atoms with Crippen LogP contribution >= 0.6 is 0 Å². The molecule has 0 aromatic carbocycles. The van der Waals surface area contributed by atoms with Crippen LogP contribution in [0.4, 0.5) is 0 Å². The minimum absolute atomic E-state index is 0.0751. The van der Waals surface area contributed by atoms with Gasteiger partial charge in [-0.3, -0.25) is 4.79 Å². The number of hydrogen-bond acceptors (Lipinski definition) is 5. The molecule has 3 heterocycles. The smallest absolute Gasteiger partial charge is 0.276 e.